The van der Waals surface area contributed by atoms with Crippen molar-refractivity contribution in [2.45, 2.75) is 26.6 Å². The standard InChI is InChI=1S/C9H21O5P/c1-5-13-15(10,14-6-2)8-7-9(11-3)12-4/h9H,5-8H2,1-4H3. The molecule has 92 valence electrons. The molecule has 0 amide bonds. The minimum absolute atomic E-state index is 0.307. The highest BCUT2D eigenvalue weighted by atomic mass is 31.2. The molecule has 0 radical (unpaired) electrons. The van der Waals surface area contributed by atoms with E-state index in [0.717, 1.165) is 0 Å². The van der Waals surface area contributed by atoms with Gasteiger partial charge < -0.3 is 18.5 Å². The summed E-state index contributed by atoms with van der Waals surface area (Å²) in [6, 6.07) is 0. The summed E-state index contributed by atoms with van der Waals surface area (Å²) in [5.74, 6) is 0. The van der Waals surface area contributed by atoms with E-state index in [2.05, 4.69) is 0 Å². The van der Waals surface area contributed by atoms with Crippen LogP contribution in [0.3, 0.4) is 0 Å². The third kappa shape index (κ3) is 6.28. The Balaban J connectivity index is 4.10. The number of hydrogen-bond donors (Lipinski definition) is 0. The van der Waals surface area contributed by atoms with Gasteiger partial charge in [-0.05, 0) is 13.8 Å². The molecule has 0 fully saturated rings. The smallest absolute Gasteiger partial charge is 0.330 e. The Morgan fingerprint density at radius 3 is 1.87 bits per heavy atom. The highest BCUT2D eigenvalue weighted by molar-refractivity contribution is 7.53. The van der Waals surface area contributed by atoms with Crippen molar-refractivity contribution >= 4 is 7.60 Å². The van der Waals surface area contributed by atoms with Crippen molar-refractivity contribution < 1.29 is 23.1 Å². The molecule has 0 aromatic heterocycles. The molecular weight excluding hydrogens is 219 g/mol. The zero-order chi connectivity index (χ0) is 11.7. The van der Waals surface area contributed by atoms with Crippen LogP contribution in [0.5, 0.6) is 0 Å². The Hall–Kier alpha value is 0.0700. The van der Waals surface area contributed by atoms with Crippen molar-refractivity contribution in [3.63, 3.8) is 0 Å². The zero-order valence-electron chi connectivity index (χ0n) is 9.89. The largest absolute Gasteiger partial charge is 0.356 e. The third-order valence-corrected chi connectivity index (χ3v) is 3.93. The molecule has 0 heterocycles. The molecule has 0 atom stereocenters. The van der Waals surface area contributed by atoms with Gasteiger partial charge in [0.25, 0.3) is 0 Å². The van der Waals surface area contributed by atoms with E-state index in [1.807, 2.05) is 0 Å². The van der Waals surface area contributed by atoms with Crippen molar-refractivity contribution in [2.75, 3.05) is 33.6 Å². The molecule has 0 aromatic rings. The lowest BCUT2D eigenvalue weighted by Gasteiger charge is -2.19. The van der Waals surface area contributed by atoms with Crippen LogP contribution < -0.4 is 0 Å². The van der Waals surface area contributed by atoms with Gasteiger partial charge in [-0.1, -0.05) is 0 Å². The first-order valence-corrected chi connectivity index (χ1v) is 6.78. The minimum atomic E-state index is -2.96. The summed E-state index contributed by atoms with van der Waals surface area (Å²) in [6.45, 7) is 4.33. The second kappa shape index (κ2) is 8.25. The van der Waals surface area contributed by atoms with Crippen LogP contribution in [0, 0.1) is 0 Å². The van der Waals surface area contributed by atoms with Crippen molar-refractivity contribution in [3.8, 4) is 0 Å². The maximum absolute atomic E-state index is 12.0. The second-order valence-electron chi connectivity index (χ2n) is 2.86. The number of hydrogen-bond acceptors (Lipinski definition) is 5. The monoisotopic (exact) mass is 240 g/mol. The SMILES string of the molecule is CCOP(=O)(CCC(OC)OC)OCC. The Labute approximate surface area is 91.6 Å². The van der Waals surface area contributed by atoms with Crippen molar-refractivity contribution in [1.82, 2.24) is 0 Å². The normalized spacial score (nSPS) is 12.3. The number of rotatable bonds is 9. The van der Waals surface area contributed by atoms with Crippen LogP contribution in [0.15, 0.2) is 0 Å². The molecule has 0 saturated heterocycles. The van der Waals surface area contributed by atoms with Gasteiger partial charge in [-0.2, -0.15) is 0 Å². The molecule has 5 nitrogen and oxygen atoms in total. The quantitative estimate of drug-likeness (QED) is 0.457. The van der Waals surface area contributed by atoms with E-state index in [1.165, 1.54) is 0 Å². The topological polar surface area (TPSA) is 54.0 Å². The van der Waals surface area contributed by atoms with Gasteiger partial charge in [0.05, 0.1) is 19.4 Å². The first-order chi connectivity index (χ1) is 7.11. The van der Waals surface area contributed by atoms with Crippen LogP contribution in [0.4, 0.5) is 0 Å². The molecule has 15 heavy (non-hydrogen) atoms. The Morgan fingerprint density at radius 2 is 1.53 bits per heavy atom. The fourth-order valence-electron chi connectivity index (χ4n) is 1.16. The lowest BCUT2D eigenvalue weighted by atomic mass is 10.5. The van der Waals surface area contributed by atoms with Gasteiger partial charge in [-0.15, -0.1) is 0 Å². The fraction of sp³-hybridized carbons (Fsp3) is 1.00. The van der Waals surface area contributed by atoms with E-state index >= 15 is 0 Å². The molecule has 0 N–H and O–H groups in total. The Kier molecular flexibility index (Phi) is 8.29. The maximum atomic E-state index is 12.0. The van der Waals surface area contributed by atoms with Crippen LogP contribution in [-0.4, -0.2) is 39.9 Å². The highest BCUT2D eigenvalue weighted by Gasteiger charge is 2.24. The Bertz CT molecular complexity index is 183. The zero-order valence-corrected chi connectivity index (χ0v) is 10.8. The van der Waals surface area contributed by atoms with E-state index in [0.29, 0.717) is 25.8 Å². The summed E-state index contributed by atoms with van der Waals surface area (Å²) < 4.78 is 32.3. The van der Waals surface area contributed by atoms with E-state index < -0.39 is 7.60 Å². The Morgan fingerprint density at radius 1 is 1.07 bits per heavy atom. The first-order valence-electron chi connectivity index (χ1n) is 5.05. The summed E-state index contributed by atoms with van der Waals surface area (Å²) in [4.78, 5) is 0. The predicted molar refractivity (Wildman–Crippen MR) is 58.1 cm³/mol. The molecule has 0 aromatic carbocycles. The van der Waals surface area contributed by atoms with Crippen LogP contribution in [0.2, 0.25) is 0 Å². The van der Waals surface area contributed by atoms with E-state index in [9.17, 15) is 4.57 Å². The summed E-state index contributed by atoms with van der Waals surface area (Å²) in [7, 11) is 0.125. The molecule has 0 aliphatic carbocycles. The van der Waals surface area contributed by atoms with Crippen molar-refractivity contribution in [2.24, 2.45) is 0 Å². The van der Waals surface area contributed by atoms with Crippen molar-refractivity contribution in [3.05, 3.63) is 0 Å². The molecule has 0 aliphatic rings. The van der Waals surface area contributed by atoms with E-state index in [4.69, 9.17) is 18.5 Å². The molecule has 6 heteroatoms. The van der Waals surface area contributed by atoms with Gasteiger partial charge in [0.1, 0.15) is 0 Å². The molecule has 0 unspecified atom stereocenters. The molecule has 0 spiro atoms. The predicted octanol–water partition coefficient (Wildman–Crippen LogP) is 2.26. The molecule has 0 bridgehead atoms. The van der Waals surface area contributed by atoms with Gasteiger partial charge in [-0.25, -0.2) is 0 Å². The van der Waals surface area contributed by atoms with E-state index in [1.54, 1.807) is 28.1 Å². The van der Waals surface area contributed by atoms with Gasteiger partial charge >= 0.3 is 7.60 Å². The van der Waals surface area contributed by atoms with Gasteiger partial charge in [0.15, 0.2) is 6.29 Å². The number of ether oxygens (including phenoxy) is 2. The van der Waals surface area contributed by atoms with Gasteiger partial charge in [0.2, 0.25) is 0 Å². The minimum Gasteiger partial charge on any atom is -0.356 e. The third-order valence-electron chi connectivity index (χ3n) is 1.82. The van der Waals surface area contributed by atoms with Crippen LogP contribution in [-0.2, 0) is 23.1 Å². The average Bonchev–Trinajstić information content (AvgIpc) is 2.20. The lowest BCUT2D eigenvalue weighted by molar-refractivity contribution is -0.103. The van der Waals surface area contributed by atoms with Gasteiger partial charge in [0, 0.05) is 20.6 Å². The number of methoxy groups -OCH3 is 2. The van der Waals surface area contributed by atoms with Crippen molar-refractivity contribution in [1.29, 1.82) is 0 Å². The van der Waals surface area contributed by atoms with Crippen LogP contribution >= 0.6 is 7.60 Å². The molecule has 0 saturated carbocycles. The molecule has 0 aliphatic heterocycles. The molecular formula is C9H21O5P. The highest BCUT2D eigenvalue weighted by Crippen LogP contribution is 2.48. The lowest BCUT2D eigenvalue weighted by Crippen LogP contribution is -2.15. The molecule has 0 rings (SSSR count). The first kappa shape index (κ1) is 15.1. The fourth-order valence-corrected chi connectivity index (χ4v) is 2.80. The van der Waals surface area contributed by atoms with E-state index in [-0.39, 0.29) is 6.29 Å². The summed E-state index contributed by atoms with van der Waals surface area (Å²) >= 11 is 0. The van der Waals surface area contributed by atoms with Crippen LogP contribution in [0.25, 0.3) is 0 Å². The summed E-state index contributed by atoms with van der Waals surface area (Å²) in [5.41, 5.74) is 0. The summed E-state index contributed by atoms with van der Waals surface area (Å²) in [6.07, 6.45) is 0.435. The van der Waals surface area contributed by atoms with Gasteiger partial charge in [-0.3, -0.25) is 4.57 Å². The second-order valence-corrected chi connectivity index (χ2v) is 5.05. The summed E-state index contributed by atoms with van der Waals surface area (Å²) in [5, 5.41) is 0. The average molecular weight is 240 g/mol. The maximum Gasteiger partial charge on any atom is 0.330 e. The van der Waals surface area contributed by atoms with Crippen LogP contribution in [0.1, 0.15) is 20.3 Å².